The van der Waals surface area contributed by atoms with Gasteiger partial charge in [-0.2, -0.15) is 0 Å². The molecule has 80 valence electrons. The Labute approximate surface area is 90.8 Å². The van der Waals surface area contributed by atoms with Gasteiger partial charge in [-0.3, -0.25) is 0 Å². The normalized spacial score (nSPS) is 20.3. The van der Waals surface area contributed by atoms with Crippen LogP contribution in [0.15, 0.2) is 17.0 Å². The van der Waals surface area contributed by atoms with Crippen LogP contribution in [0.2, 0.25) is 0 Å². The molecule has 1 saturated carbocycles. The van der Waals surface area contributed by atoms with E-state index >= 15 is 0 Å². The van der Waals surface area contributed by atoms with E-state index in [9.17, 15) is 8.78 Å². The number of fused-ring (bicyclic) bond motifs is 1. The van der Waals surface area contributed by atoms with Crippen LogP contribution >= 0.6 is 11.9 Å². The summed E-state index contributed by atoms with van der Waals surface area (Å²) in [6.07, 6.45) is 2.14. The summed E-state index contributed by atoms with van der Waals surface area (Å²) in [6.45, 7) is 0.586. The molecule has 0 radical (unpaired) electrons. The second kappa shape index (κ2) is 3.35. The Morgan fingerprint density at radius 2 is 2.13 bits per heavy atom. The number of hydrogen-bond donors (Lipinski definition) is 1. The lowest BCUT2D eigenvalue weighted by Gasteiger charge is -2.31. The SMILES string of the molecule is Fc1ccc2c(c1F)N(C1CC1)CNS2. The first-order valence-electron chi connectivity index (χ1n) is 4.91. The van der Waals surface area contributed by atoms with Crippen LogP contribution in [0.1, 0.15) is 12.8 Å². The van der Waals surface area contributed by atoms with Crippen LogP contribution in [-0.4, -0.2) is 12.7 Å². The van der Waals surface area contributed by atoms with Crippen molar-refractivity contribution in [2.24, 2.45) is 0 Å². The Hall–Kier alpha value is -0.810. The van der Waals surface area contributed by atoms with E-state index in [2.05, 4.69) is 4.72 Å². The summed E-state index contributed by atoms with van der Waals surface area (Å²) < 4.78 is 29.9. The van der Waals surface area contributed by atoms with Crippen LogP contribution in [0.4, 0.5) is 14.5 Å². The maximum Gasteiger partial charge on any atom is 0.183 e. The van der Waals surface area contributed by atoms with E-state index in [0.29, 0.717) is 18.4 Å². The lowest BCUT2D eigenvalue weighted by Crippen LogP contribution is -2.37. The monoisotopic (exact) mass is 228 g/mol. The highest BCUT2D eigenvalue weighted by molar-refractivity contribution is 7.97. The number of rotatable bonds is 1. The van der Waals surface area contributed by atoms with Crippen molar-refractivity contribution in [3.63, 3.8) is 0 Å². The summed E-state index contributed by atoms with van der Waals surface area (Å²) in [5, 5.41) is 0. The fraction of sp³-hybridized carbons (Fsp3) is 0.400. The summed E-state index contributed by atoms with van der Waals surface area (Å²) in [5.74, 6) is -1.48. The van der Waals surface area contributed by atoms with Crippen molar-refractivity contribution in [2.75, 3.05) is 11.6 Å². The van der Waals surface area contributed by atoms with E-state index in [-0.39, 0.29) is 0 Å². The fourth-order valence-corrected chi connectivity index (χ4v) is 2.63. The average molecular weight is 228 g/mol. The Bertz CT molecular complexity index is 407. The summed E-state index contributed by atoms with van der Waals surface area (Å²) >= 11 is 1.36. The van der Waals surface area contributed by atoms with E-state index in [0.717, 1.165) is 17.7 Å². The van der Waals surface area contributed by atoms with Crippen molar-refractivity contribution in [3.05, 3.63) is 23.8 Å². The third-order valence-corrected chi connectivity index (χ3v) is 3.55. The van der Waals surface area contributed by atoms with Gasteiger partial charge in [0.25, 0.3) is 0 Å². The maximum absolute atomic E-state index is 13.7. The molecule has 2 aliphatic rings. The zero-order chi connectivity index (χ0) is 10.4. The zero-order valence-electron chi connectivity index (χ0n) is 7.96. The quantitative estimate of drug-likeness (QED) is 0.743. The minimum Gasteiger partial charge on any atom is -0.352 e. The van der Waals surface area contributed by atoms with Crippen molar-refractivity contribution in [1.29, 1.82) is 0 Å². The van der Waals surface area contributed by atoms with Gasteiger partial charge in [-0.1, -0.05) is 0 Å². The molecule has 1 aromatic carbocycles. The van der Waals surface area contributed by atoms with Gasteiger partial charge in [-0.25, -0.2) is 13.5 Å². The third-order valence-electron chi connectivity index (χ3n) is 2.72. The highest BCUT2D eigenvalue weighted by Gasteiger charge is 2.34. The molecular weight excluding hydrogens is 218 g/mol. The average Bonchev–Trinajstić information content (AvgIpc) is 3.06. The second-order valence-corrected chi connectivity index (χ2v) is 4.75. The number of benzene rings is 1. The highest BCUT2D eigenvalue weighted by Crippen LogP contribution is 2.41. The standard InChI is InChI=1S/C10H10F2N2S/c11-7-3-4-8-10(9(7)12)14(5-13-15-8)6-1-2-6/h3-4,6,13H,1-2,5H2. The molecule has 3 rings (SSSR count). The first-order chi connectivity index (χ1) is 7.27. The van der Waals surface area contributed by atoms with Gasteiger partial charge in [0.1, 0.15) is 0 Å². The molecule has 1 aromatic rings. The lowest BCUT2D eigenvalue weighted by molar-refractivity contribution is 0.500. The van der Waals surface area contributed by atoms with Crippen LogP contribution in [0.3, 0.4) is 0 Å². The largest absolute Gasteiger partial charge is 0.352 e. The number of hydrogen-bond acceptors (Lipinski definition) is 3. The van der Waals surface area contributed by atoms with Gasteiger partial charge in [-0.05, 0) is 36.9 Å². The molecule has 0 aromatic heterocycles. The number of halogens is 2. The zero-order valence-corrected chi connectivity index (χ0v) is 8.78. The molecule has 2 nitrogen and oxygen atoms in total. The molecular formula is C10H10F2N2S. The van der Waals surface area contributed by atoms with Crippen molar-refractivity contribution in [1.82, 2.24) is 4.72 Å². The van der Waals surface area contributed by atoms with Crippen LogP contribution in [0.25, 0.3) is 0 Å². The Kier molecular flexibility index (Phi) is 2.10. The predicted molar refractivity (Wildman–Crippen MR) is 55.7 cm³/mol. The van der Waals surface area contributed by atoms with Gasteiger partial charge in [0, 0.05) is 10.9 Å². The first kappa shape index (κ1) is 9.42. The predicted octanol–water partition coefficient (Wildman–Crippen LogP) is 2.50. The van der Waals surface area contributed by atoms with Gasteiger partial charge in [-0.15, -0.1) is 0 Å². The van der Waals surface area contributed by atoms with E-state index in [1.165, 1.54) is 18.0 Å². The van der Waals surface area contributed by atoms with Crippen molar-refractivity contribution in [2.45, 2.75) is 23.8 Å². The number of nitrogens with zero attached hydrogens (tertiary/aromatic N) is 1. The Balaban J connectivity index is 2.10. The van der Waals surface area contributed by atoms with Crippen LogP contribution in [0, 0.1) is 11.6 Å². The van der Waals surface area contributed by atoms with Crippen LogP contribution in [-0.2, 0) is 0 Å². The smallest absolute Gasteiger partial charge is 0.183 e. The van der Waals surface area contributed by atoms with Crippen LogP contribution in [0.5, 0.6) is 0 Å². The fourth-order valence-electron chi connectivity index (χ4n) is 1.83. The molecule has 1 heterocycles. The molecule has 0 saturated heterocycles. The van der Waals surface area contributed by atoms with E-state index in [1.807, 2.05) is 4.90 Å². The van der Waals surface area contributed by atoms with E-state index in [1.54, 1.807) is 6.07 Å². The second-order valence-electron chi connectivity index (χ2n) is 3.81. The molecule has 15 heavy (non-hydrogen) atoms. The molecule has 1 N–H and O–H groups in total. The minimum absolute atomic E-state index is 0.383. The molecule has 0 spiro atoms. The van der Waals surface area contributed by atoms with Crippen molar-refractivity contribution < 1.29 is 8.78 Å². The number of nitrogens with one attached hydrogen (secondary N) is 1. The maximum atomic E-state index is 13.7. The summed E-state index contributed by atoms with van der Waals surface area (Å²) in [7, 11) is 0. The molecule has 0 amide bonds. The number of anilines is 1. The topological polar surface area (TPSA) is 15.3 Å². The molecule has 1 aliphatic carbocycles. The third kappa shape index (κ3) is 1.50. The van der Waals surface area contributed by atoms with Gasteiger partial charge in [0.2, 0.25) is 0 Å². The first-order valence-corrected chi connectivity index (χ1v) is 5.73. The summed E-state index contributed by atoms with van der Waals surface area (Å²) in [5.41, 5.74) is 0.432. The van der Waals surface area contributed by atoms with E-state index in [4.69, 9.17) is 0 Å². The molecule has 1 aliphatic heterocycles. The molecule has 0 bridgehead atoms. The molecule has 5 heteroatoms. The molecule has 0 unspecified atom stereocenters. The van der Waals surface area contributed by atoms with Gasteiger partial charge >= 0.3 is 0 Å². The van der Waals surface area contributed by atoms with Crippen LogP contribution < -0.4 is 9.62 Å². The highest BCUT2D eigenvalue weighted by atomic mass is 32.2. The Morgan fingerprint density at radius 3 is 2.87 bits per heavy atom. The molecule has 0 atom stereocenters. The summed E-state index contributed by atoms with van der Waals surface area (Å²) in [4.78, 5) is 2.69. The van der Waals surface area contributed by atoms with E-state index < -0.39 is 11.6 Å². The Morgan fingerprint density at radius 1 is 1.33 bits per heavy atom. The summed E-state index contributed by atoms with van der Waals surface area (Å²) in [6, 6.07) is 3.19. The van der Waals surface area contributed by atoms with Gasteiger partial charge in [0.05, 0.1) is 12.4 Å². The van der Waals surface area contributed by atoms with Gasteiger partial charge in [0.15, 0.2) is 11.6 Å². The van der Waals surface area contributed by atoms with Gasteiger partial charge < -0.3 is 4.90 Å². The van der Waals surface area contributed by atoms with Crippen molar-refractivity contribution >= 4 is 17.6 Å². The van der Waals surface area contributed by atoms with Crippen molar-refractivity contribution in [3.8, 4) is 0 Å². The lowest BCUT2D eigenvalue weighted by atomic mass is 10.2. The minimum atomic E-state index is -0.762. The molecule has 1 fully saturated rings.